The van der Waals surface area contributed by atoms with Crippen LogP contribution in [0.5, 0.6) is 17.2 Å². The van der Waals surface area contributed by atoms with Crippen molar-refractivity contribution < 1.29 is 19.7 Å². The molecule has 1 fully saturated rings. The predicted molar refractivity (Wildman–Crippen MR) is 97.8 cm³/mol. The molecule has 0 radical (unpaired) electrons. The van der Waals surface area contributed by atoms with Gasteiger partial charge in [0.2, 0.25) is 0 Å². The summed E-state index contributed by atoms with van der Waals surface area (Å²) in [6.45, 7) is 10.4. The summed E-state index contributed by atoms with van der Waals surface area (Å²) in [7, 11) is 1.50. The molecule has 3 rings (SSSR count). The molecular weight excluding hydrogens is 316 g/mol. The number of ketones is 1. The van der Waals surface area contributed by atoms with Crippen LogP contribution in [0.3, 0.4) is 0 Å². The fourth-order valence-electron chi connectivity index (χ4n) is 5.50. The molecule has 4 heteroatoms. The minimum Gasteiger partial charge on any atom is -0.507 e. The zero-order valence-electron chi connectivity index (χ0n) is 16.2. The lowest BCUT2D eigenvalue weighted by Gasteiger charge is -2.54. The number of phenols is 2. The van der Waals surface area contributed by atoms with Gasteiger partial charge in [-0.2, -0.15) is 0 Å². The lowest BCUT2D eigenvalue weighted by Crippen LogP contribution is -2.49. The van der Waals surface area contributed by atoms with Crippen LogP contribution < -0.4 is 4.74 Å². The van der Waals surface area contributed by atoms with Crippen LogP contribution in [-0.4, -0.2) is 23.1 Å². The number of Topliss-reactive ketones (excluding diaryl/α,β-unsaturated/α-hetero) is 1. The van der Waals surface area contributed by atoms with Gasteiger partial charge >= 0.3 is 0 Å². The predicted octanol–water partition coefficient (Wildman–Crippen LogP) is 4.90. The molecule has 1 saturated carbocycles. The van der Waals surface area contributed by atoms with Gasteiger partial charge in [-0.25, -0.2) is 0 Å². The van der Waals surface area contributed by atoms with Gasteiger partial charge in [0.25, 0.3) is 0 Å². The van der Waals surface area contributed by atoms with E-state index in [-0.39, 0.29) is 39.9 Å². The number of rotatable bonds is 2. The van der Waals surface area contributed by atoms with Crippen LogP contribution in [0, 0.1) is 11.3 Å². The molecular formula is C21H30O4. The van der Waals surface area contributed by atoms with Crippen LogP contribution >= 0.6 is 0 Å². The molecule has 2 aliphatic carbocycles. The second-order valence-electron chi connectivity index (χ2n) is 8.99. The third-order valence-corrected chi connectivity index (χ3v) is 6.69. The second kappa shape index (κ2) is 5.65. The monoisotopic (exact) mass is 346 g/mol. The van der Waals surface area contributed by atoms with Crippen molar-refractivity contribution in [2.45, 2.75) is 71.6 Å². The Morgan fingerprint density at radius 1 is 1.12 bits per heavy atom. The van der Waals surface area contributed by atoms with Crippen LogP contribution in [0.15, 0.2) is 0 Å². The van der Waals surface area contributed by atoms with E-state index in [1.54, 1.807) is 0 Å². The first-order chi connectivity index (χ1) is 11.6. The molecule has 2 aliphatic rings. The van der Waals surface area contributed by atoms with E-state index in [0.717, 1.165) is 19.3 Å². The number of methoxy groups -OCH3 is 1. The first-order valence-corrected chi connectivity index (χ1v) is 9.25. The lowest BCUT2D eigenvalue weighted by atomic mass is 9.50. The summed E-state index contributed by atoms with van der Waals surface area (Å²) in [5.74, 6) is 0.361. The van der Waals surface area contributed by atoms with Gasteiger partial charge in [-0.1, -0.05) is 41.0 Å². The van der Waals surface area contributed by atoms with Crippen molar-refractivity contribution >= 4 is 5.78 Å². The van der Waals surface area contributed by atoms with Gasteiger partial charge < -0.3 is 14.9 Å². The molecule has 25 heavy (non-hydrogen) atoms. The topological polar surface area (TPSA) is 66.8 Å². The van der Waals surface area contributed by atoms with E-state index in [4.69, 9.17) is 4.74 Å². The highest BCUT2D eigenvalue weighted by Crippen LogP contribution is 2.62. The van der Waals surface area contributed by atoms with E-state index < -0.39 is 0 Å². The number of ether oxygens (including phenoxy) is 1. The number of aromatic hydroxyl groups is 2. The van der Waals surface area contributed by atoms with Crippen LogP contribution in [0.25, 0.3) is 0 Å². The van der Waals surface area contributed by atoms with Crippen molar-refractivity contribution in [3.8, 4) is 17.2 Å². The van der Waals surface area contributed by atoms with Crippen molar-refractivity contribution in [2.24, 2.45) is 11.3 Å². The molecule has 0 spiro atoms. The number of benzene rings is 1. The molecule has 1 aromatic rings. The van der Waals surface area contributed by atoms with Gasteiger partial charge in [-0.15, -0.1) is 0 Å². The number of fused-ring (bicyclic) bond motifs is 3. The standard InChI is InChI=1S/C21H30O4/c1-11(2)14-17(23)15-12(22)10-13-20(3,4)8-7-9-21(13,5)16(15)18(24)19(14)25-6/h11,13,23-24H,7-10H2,1-6H3/t13-,21+/m1/s1. The minimum absolute atomic E-state index is 0.00676. The van der Waals surface area contributed by atoms with Crippen molar-refractivity contribution in [3.05, 3.63) is 16.7 Å². The molecule has 0 heterocycles. The van der Waals surface area contributed by atoms with E-state index in [1.807, 2.05) is 13.8 Å². The van der Waals surface area contributed by atoms with E-state index in [1.165, 1.54) is 7.11 Å². The quantitative estimate of drug-likeness (QED) is 0.747. The van der Waals surface area contributed by atoms with Gasteiger partial charge in [0.05, 0.1) is 12.7 Å². The van der Waals surface area contributed by atoms with Crippen molar-refractivity contribution in [3.63, 3.8) is 0 Å². The van der Waals surface area contributed by atoms with Crippen LogP contribution in [-0.2, 0) is 5.41 Å². The zero-order valence-corrected chi connectivity index (χ0v) is 16.2. The Morgan fingerprint density at radius 3 is 2.32 bits per heavy atom. The van der Waals surface area contributed by atoms with Crippen LogP contribution in [0.2, 0.25) is 0 Å². The SMILES string of the molecule is COc1c(O)c2c(c(O)c1C(C)C)C(=O)C[C@@H]1C(C)(C)CCC[C@]21C. The second-order valence-corrected chi connectivity index (χ2v) is 8.99. The Morgan fingerprint density at radius 2 is 1.76 bits per heavy atom. The average molecular weight is 346 g/mol. The van der Waals surface area contributed by atoms with Gasteiger partial charge in [0.1, 0.15) is 5.75 Å². The van der Waals surface area contributed by atoms with E-state index in [9.17, 15) is 15.0 Å². The number of hydrogen-bond donors (Lipinski definition) is 2. The fourth-order valence-corrected chi connectivity index (χ4v) is 5.50. The molecule has 0 aromatic heterocycles. The van der Waals surface area contributed by atoms with Gasteiger partial charge in [0, 0.05) is 23.0 Å². The Labute approximate surface area is 150 Å². The Kier molecular flexibility index (Phi) is 4.09. The lowest BCUT2D eigenvalue weighted by molar-refractivity contribution is 0.0350. The maximum absolute atomic E-state index is 13.0. The van der Waals surface area contributed by atoms with Crippen molar-refractivity contribution in [1.29, 1.82) is 0 Å². The highest BCUT2D eigenvalue weighted by molar-refractivity contribution is 6.04. The maximum Gasteiger partial charge on any atom is 0.167 e. The molecule has 0 saturated heterocycles. The normalized spacial score (nSPS) is 27.8. The highest BCUT2D eigenvalue weighted by Gasteiger charge is 2.54. The third kappa shape index (κ3) is 2.37. The Bertz CT molecular complexity index is 732. The number of phenolic OH excluding ortho intramolecular Hbond substituents is 2. The third-order valence-electron chi connectivity index (χ3n) is 6.69. The number of hydrogen-bond acceptors (Lipinski definition) is 4. The highest BCUT2D eigenvalue weighted by atomic mass is 16.5. The largest absolute Gasteiger partial charge is 0.507 e. The first-order valence-electron chi connectivity index (χ1n) is 9.25. The van der Waals surface area contributed by atoms with Gasteiger partial charge in [-0.05, 0) is 30.1 Å². The molecule has 2 N–H and O–H groups in total. The zero-order chi connectivity index (χ0) is 18.7. The van der Waals surface area contributed by atoms with Crippen LogP contribution in [0.1, 0.15) is 87.7 Å². The molecule has 1 aromatic carbocycles. The average Bonchev–Trinajstić information content (AvgIpc) is 2.50. The summed E-state index contributed by atoms with van der Waals surface area (Å²) in [5, 5.41) is 22.0. The van der Waals surface area contributed by atoms with E-state index >= 15 is 0 Å². The number of carbonyl (C=O) groups is 1. The molecule has 0 amide bonds. The van der Waals surface area contributed by atoms with Gasteiger partial charge in [0.15, 0.2) is 17.3 Å². The van der Waals surface area contributed by atoms with E-state index in [2.05, 4.69) is 20.8 Å². The molecule has 0 unspecified atom stereocenters. The summed E-state index contributed by atoms with van der Waals surface area (Å²) in [6, 6.07) is 0. The summed E-state index contributed by atoms with van der Waals surface area (Å²) in [5.41, 5.74) is 1.12. The molecule has 138 valence electrons. The summed E-state index contributed by atoms with van der Waals surface area (Å²) in [6.07, 6.45) is 3.44. The Hall–Kier alpha value is -1.71. The van der Waals surface area contributed by atoms with Crippen molar-refractivity contribution in [2.75, 3.05) is 7.11 Å². The fraction of sp³-hybridized carbons (Fsp3) is 0.667. The minimum atomic E-state index is -0.338. The molecule has 2 atom stereocenters. The maximum atomic E-state index is 13.0. The summed E-state index contributed by atoms with van der Waals surface area (Å²) < 4.78 is 5.47. The summed E-state index contributed by atoms with van der Waals surface area (Å²) in [4.78, 5) is 13.0. The first kappa shape index (κ1) is 18.1. The number of carbonyl (C=O) groups excluding carboxylic acids is 1. The van der Waals surface area contributed by atoms with Gasteiger partial charge in [-0.3, -0.25) is 4.79 Å². The molecule has 0 bridgehead atoms. The summed E-state index contributed by atoms with van der Waals surface area (Å²) >= 11 is 0. The van der Waals surface area contributed by atoms with E-state index in [0.29, 0.717) is 28.9 Å². The molecule has 4 nitrogen and oxygen atoms in total. The molecule has 0 aliphatic heterocycles. The van der Waals surface area contributed by atoms with Crippen molar-refractivity contribution in [1.82, 2.24) is 0 Å². The smallest absolute Gasteiger partial charge is 0.167 e. The van der Waals surface area contributed by atoms with Crippen LogP contribution in [0.4, 0.5) is 0 Å². The Balaban J connectivity index is 2.38.